The van der Waals surface area contributed by atoms with Gasteiger partial charge < -0.3 is 10.2 Å². The van der Waals surface area contributed by atoms with Crippen LogP contribution in [0.1, 0.15) is 5.56 Å². The molecule has 0 spiro atoms. The van der Waals surface area contributed by atoms with Gasteiger partial charge in [0.15, 0.2) is 5.58 Å². The van der Waals surface area contributed by atoms with Gasteiger partial charge in [-0.05, 0) is 23.8 Å². The van der Waals surface area contributed by atoms with Gasteiger partial charge in [-0.15, -0.1) is 0 Å². The largest absolute Gasteiger partial charge is 0.454 e. The summed E-state index contributed by atoms with van der Waals surface area (Å²) < 4.78 is 5.68. The molecule has 0 unspecified atom stereocenters. The number of rotatable bonds is 1. The minimum absolute atomic E-state index is 0.486. The zero-order chi connectivity index (χ0) is 10.3. The number of fused-ring (bicyclic) bond motifs is 3. The number of furan rings is 1. The first-order valence-electron chi connectivity index (χ1n) is 4.85. The van der Waals surface area contributed by atoms with Crippen LogP contribution in [-0.4, -0.2) is 4.98 Å². The highest BCUT2D eigenvalue weighted by Gasteiger charge is 2.07. The summed E-state index contributed by atoms with van der Waals surface area (Å²) in [5.74, 6) is 0. The summed E-state index contributed by atoms with van der Waals surface area (Å²) in [6.07, 6.45) is 1.80. The van der Waals surface area contributed by atoms with Crippen LogP contribution in [-0.2, 0) is 6.54 Å². The molecule has 0 bridgehead atoms. The Hall–Kier alpha value is -1.87. The normalized spacial score (nSPS) is 11.3. The molecule has 3 rings (SSSR count). The van der Waals surface area contributed by atoms with Gasteiger partial charge in [0.25, 0.3) is 0 Å². The van der Waals surface area contributed by atoms with Crippen LogP contribution in [0, 0.1) is 0 Å². The zero-order valence-electron chi connectivity index (χ0n) is 8.10. The third-order valence-electron chi connectivity index (χ3n) is 2.51. The van der Waals surface area contributed by atoms with Crippen LogP contribution < -0.4 is 5.73 Å². The van der Waals surface area contributed by atoms with Crippen molar-refractivity contribution in [3.8, 4) is 0 Å². The molecule has 3 aromatic rings. The van der Waals surface area contributed by atoms with E-state index in [4.69, 9.17) is 10.2 Å². The smallest absolute Gasteiger partial charge is 0.154 e. The molecule has 0 aliphatic carbocycles. The molecule has 3 nitrogen and oxygen atoms in total. The molecule has 15 heavy (non-hydrogen) atoms. The Bertz CT molecular complexity index is 628. The van der Waals surface area contributed by atoms with Crippen molar-refractivity contribution in [2.24, 2.45) is 5.73 Å². The fraction of sp³-hybridized carbons (Fsp3) is 0.0833. The van der Waals surface area contributed by atoms with Crippen molar-refractivity contribution in [1.82, 2.24) is 4.98 Å². The van der Waals surface area contributed by atoms with Crippen LogP contribution >= 0.6 is 0 Å². The average molecular weight is 198 g/mol. The minimum Gasteiger partial charge on any atom is -0.454 e. The van der Waals surface area contributed by atoms with Gasteiger partial charge in [0.05, 0.1) is 0 Å². The summed E-state index contributed by atoms with van der Waals surface area (Å²) in [5.41, 5.74) is 9.12. The molecule has 0 saturated heterocycles. The third-order valence-corrected chi connectivity index (χ3v) is 2.51. The zero-order valence-corrected chi connectivity index (χ0v) is 8.10. The van der Waals surface area contributed by atoms with Gasteiger partial charge in [-0.2, -0.15) is 0 Å². The number of para-hydroxylation sites is 1. The van der Waals surface area contributed by atoms with Crippen LogP contribution in [0.2, 0.25) is 0 Å². The molecule has 0 fully saturated rings. The van der Waals surface area contributed by atoms with Crippen LogP contribution in [0.5, 0.6) is 0 Å². The predicted molar refractivity (Wildman–Crippen MR) is 59.4 cm³/mol. The Morgan fingerprint density at radius 3 is 2.93 bits per heavy atom. The van der Waals surface area contributed by atoms with E-state index in [2.05, 4.69) is 4.98 Å². The lowest BCUT2D eigenvalue weighted by Gasteiger charge is -1.93. The summed E-state index contributed by atoms with van der Waals surface area (Å²) in [5, 5.41) is 1.05. The van der Waals surface area contributed by atoms with Crippen molar-refractivity contribution in [3.05, 3.63) is 42.1 Å². The van der Waals surface area contributed by atoms with Crippen LogP contribution in [0.3, 0.4) is 0 Å². The fourth-order valence-electron chi connectivity index (χ4n) is 1.75. The van der Waals surface area contributed by atoms with E-state index >= 15 is 0 Å². The molecule has 0 amide bonds. The maximum absolute atomic E-state index is 5.68. The minimum atomic E-state index is 0.486. The van der Waals surface area contributed by atoms with E-state index in [1.807, 2.05) is 30.3 Å². The lowest BCUT2D eigenvalue weighted by molar-refractivity contribution is 0.667. The van der Waals surface area contributed by atoms with Gasteiger partial charge >= 0.3 is 0 Å². The quantitative estimate of drug-likeness (QED) is 0.653. The number of nitrogens with zero attached hydrogens (tertiary/aromatic N) is 1. The first kappa shape index (κ1) is 8.44. The van der Waals surface area contributed by atoms with E-state index in [9.17, 15) is 0 Å². The highest BCUT2D eigenvalue weighted by atomic mass is 16.3. The monoisotopic (exact) mass is 198 g/mol. The number of aromatic nitrogens is 1. The summed E-state index contributed by atoms with van der Waals surface area (Å²) >= 11 is 0. The van der Waals surface area contributed by atoms with Crippen molar-refractivity contribution in [3.63, 3.8) is 0 Å². The van der Waals surface area contributed by atoms with Crippen molar-refractivity contribution in [2.75, 3.05) is 0 Å². The van der Waals surface area contributed by atoms with E-state index in [1.165, 1.54) is 0 Å². The molecular weight excluding hydrogens is 188 g/mol. The number of nitrogens with two attached hydrogens (primary N) is 1. The molecule has 0 radical (unpaired) electrons. The van der Waals surface area contributed by atoms with Crippen LogP contribution in [0.25, 0.3) is 22.1 Å². The molecule has 0 aliphatic rings. The molecule has 0 atom stereocenters. The first-order valence-corrected chi connectivity index (χ1v) is 4.85. The van der Waals surface area contributed by atoms with Gasteiger partial charge in [-0.3, -0.25) is 4.98 Å². The highest BCUT2D eigenvalue weighted by molar-refractivity contribution is 6.02. The molecule has 2 heterocycles. The van der Waals surface area contributed by atoms with Crippen molar-refractivity contribution in [1.29, 1.82) is 0 Å². The molecule has 2 N–H and O–H groups in total. The van der Waals surface area contributed by atoms with E-state index in [1.54, 1.807) is 6.20 Å². The first-order chi connectivity index (χ1) is 7.38. The van der Waals surface area contributed by atoms with E-state index < -0.39 is 0 Å². The lowest BCUT2D eigenvalue weighted by atomic mass is 10.2. The average Bonchev–Trinajstić information content (AvgIpc) is 2.66. The van der Waals surface area contributed by atoms with Crippen molar-refractivity contribution in [2.45, 2.75) is 6.54 Å². The fourth-order valence-corrected chi connectivity index (χ4v) is 1.75. The summed E-state index contributed by atoms with van der Waals surface area (Å²) in [6, 6.07) is 9.84. The summed E-state index contributed by atoms with van der Waals surface area (Å²) in [4.78, 5) is 4.37. The molecular formula is C12H10N2O. The summed E-state index contributed by atoms with van der Waals surface area (Å²) in [7, 11) is 0. The molecule has 2 aromatic heterocycles. The van der Waals surface area contributed by atoms with E-state index in [0.29, 0.717) is 6.54 Å². The van der Waals surface area contributed by atoms with Crippen molar-refractivity contribution < 1.29 is 4.42 Å². The second-order valence-electron chi connectivity index (χ2n) is 3.49. The van der Waals surface area contributed by atoms with Gasteiger partial charge in [-0.1, -0.05) is 12.1 Å². The number of hydrogen-bond acceptors (Lipinski definition) is 3. The Kier molecular flexibility index (Phi) is 1.73. The topological polar surface area (TPSA) is 52.0 Å². The van der Waals surface area contributed by atoms with Gasteiger partial charge in [0.2, 0.25) is 0 Å². The van der Waals surface area contributed by atoms with E-state index in [0.717, 1.165) is 27.6 Å². The Morgan fingerprint density at radius 1 is 1.20 bits per heavy atom. The highest BCUT2D eigenvalue weighted by Crippen LogP contribution is 2.26. The second kappa shape index (κ2) is 3.07. The van der Waals surface area contributed by atoms with E-state index in [-0.39, 0.29) is 0 Å². The molecule has 1 aromatic carbocycles. The molecule has 3 heteroatoms. The Balaban J connectivity index is 2.43. The van der Waals surface area contributed by atoms with Gasteiger partial charge in [0, 0.05) is 18.1 Å². The molecule has 0 saturated carbocycles. The Morgan fingerprint density at radius 2 is 2.07 bits per heavy atom. The third kappa shape index (κ3) is 1.21. The number of benzene rings is 1. The maximum atomic E-state index is 5.68. The number of pyridine rings is 1. The number of hydrogen-bond donors (Lipinski definition) is 1. The second-order valence-corrected chi connectivity index (χ2v) is 3.49. The van der Waals surface area contributed by atoms with Crippen LogP contribution in [0.4, 0.5) is 0 Å². The van der Waals surface area contributed by atoms with Crippen LogP contribution in [0.15, 0.2) is 40.9 Å². The predicted octanol–water partition coefficient (Wildman–Crippen LogP) is 2.44. The van der Waals surface area contributed by atoms with Gasteiger partial charge in [0.1, 0.15) is 11.1 Å². The SMILES string of the molecule is NCc1cnc2c(c1)oc1ccccc12. The maximum Gasteiger partial charge on any atom is 0.154 e. The standard InChI is InChI=1S/C12H10N2O/c13-6-8-5-11-12(14-7-8)9-3-1-2-4-10(9)15-11/h1-5,7H,6,13H2. The molecule has 0 aliphatic heterocycles. The lowest BCUT2D eigenvalue weighted by Crippen LogP contribution is -1.95. The summed E-state index contributed by atoms with van der Waals surface area (Å²) in [6.45, 7) is 0.486. The molecule has 74 valence electrons. The Labute approximate surface area is 86.5 Å². The van der Waals surface area contributed by atoms with Gasteiger partial charge in [-0.25, -0.2) is 0 Å². The van der Waals surface area contributed by atoms with Crippen molar-refractivity contribution >= 4 is 22.1 Å².